The number of aliphatic hydroxyl groups is 1. The van der Waals surface area contributed by atoms with Crippen molar-refractivity contribution in [2.45, 2.75) is 49.0 Å². The Kier molecular flexibility index (Phi) is 8.49. The third kappa shape index (κ3) is 6.63. The van der Waals surface area contributed by atoms with Gasteiger partial charge in [-0.1, -0.05) is 29.3 Å². The number of carbonyl (C=O) groups excluding carboxylic acids is 1. The molecule has 3 N–H and O–H groups in total. The standard InChI is InChI=1S/C21H23Cl2FN2O5S/c22-17-7-1-13(9-18(17)23)11-25-21(28)10-15-4-8-19(20(12-27)31-15)26-32(29,30)16-5-2-14(24)3-6-16/h1-3,5-7,9,15,19-20,26-27H,4,8,10-12H2,(H,25,28)/t15-,19+,20+/m1/s1. The van der Waals surface area contributed by atoms with E-state index in [-0.39, 0.29) is 23.8 Å². The molecule has 3 atom stereocenters. The molecule has 0 bridgehead atoms. The molecule has 1 fully saturated rings. The highest BCUT2D eigenvalue weighted by atomic mass is 35.5. The second-order valence-corrected chi connectivity index (χ2v) is 10.00. The Morgan fingerprint density at radius 1 is 1.12 bits per heavy atom. The first-order valence-electron chi connectivity index (χ1n) is 9.93. The van der Waals surface area contributed by atoms with E-state index in [4.69, 9.17) is 27.9 Å². The van der Waals surface area contributed by atoms with E-state index in [1.807, 2.05) is 0 Å². The zero-order chi connectivity index (χ0) is 23.3. The summed E-state index contributed by atoms with van der Waals surface area (Å²) in [7, 11) is -3.91. The zero-order valence-electron chi connectivity index (χ0n) is 16.9. The largest absolute Gasteiger partial charge is 0.394 e. The molecule has 0 aliphatic carbocycles. The molecule has 174 valence electrons. The molecule has 0 aromatic heterocycles. The van der Waals surface area contributed by atoms with Gasteiger partial charge in [-0.2, -0.15) is 0 Å². The molecule has 32 heavy (non-hydrogen) atoms. The van der Waals surface area contributed by atoms with Gasteiger partial charge in [0.25, 0.3) is 0 Å². The normalized spacial score (nSPS) is 21.3. The SMILES string of the molecule is O=C(C[C@H]1CC[C@H](NS(=O)(=O)c2ccc(F)cc2)[C@H](CO)O1)NCc1ccc(Cl)c(Cl)c1. The van der Waals surface area contributed by atoms with E-state index in [2.05, 4.69) is 10.0 Å². The molecule has 7 nitrogen and oxygen atoms in total. The number of carbonyl (C=O) groups is 1. The Labute approximate surface area is 195 Å². The molecule has 3 rings (SSSR count). The maximum absolute atomic E-state index is 13.1. The van der Waals surface area contributed by atoms with Crippen LogP contribution < -0.4 is 10.0 Å². The summed E-state index contributed by atoms with van der Waals surface area (Å²) >= 11 is 11.8. The fourth-order valence-electron chi connectivity index (χ4n) is 3.43. The Hall–Kier alpha value is -1.75. The molecule has 0 unspecified atom stereocenters. The summed E-state index contributed by atoms with van der Waals surface area (Å²) in [5.41, 5.74) is 0.792. The van der Waals surface area contributed by atoms with Crippen LogP contribution in [-0.2, 0) is 26.1 Å². The summed E-state index contributed by atoms with van der Waals surface area (Å²) in [4.78, 5) is 12.2. The number of sulfonamides is 1. The van der Waals surface area contributed by atoms with Crippen LogP contribution in [0.2, 0.25) is 10.0 Å². The number of rotatable bonds is 8. The minimum Gasteiger partial charge on any atom is -0.394 e. The van der Waals surface area contributed by atoms with Crippen molar-refractivity contribution in [3.63, 3.8) is 0 Å². The van der Waals surface area contributed by atoms with Gasteiger partial charge >= 0.3 is 0 Å². The summed E-state index contributed by atoms with van der Waals surface area (Å²) < 4.78 is 46.4. The van der Waals surface area contributed by atoms with Crippen molar-refractivity contribution in [2.24, 2.45) is 0 Å². The average Bonchev–Trinajstić information content (AvgIpc) is 2.75. The van der Waals surface area contributed by atoms with Crippen LogP contribution in [0.4, 0.5) is 4.39 Å². The van der Waals surface area contributed by atoms with E-state index in [0.29, 0.717) is 22.9 Å². The van der Waals surface area contributed by atoms with E-state index >= 15 is 0 Å². The van der Waals surface area contributed by atoms with Gasteiger partial charge in [0.05, 0.1) is 46.2 Å². The van der Waals surface area contributed by atoms with Crippen LogP contribution in [-0.4, -0.2) is 44.3 Å². The number of nitrogens with one attached hydrogen (secondary N) is 2. The molecule has 2 aromatic rings. The second kappa shape index (κ2) is 10.9. The topological polar surface area (TPSA) is 105 Å². The number of halogens is 3. The van der Waals surface area contributed by atoms with Gasteiger partial charge in [-0.15, -0.1) is 0 Å². The first kappa shape index (κ1) is 24.9. The zero-order valence-corrected chi connectivity index (χ0v) is 19.3. The van der Waals surface area contributed by atoms with Gasteiger partial charge in [-0.05, 0) is 54.8 Å². The molecular formula is C21H23Cl2FN2O5S. The Bertz CT molecular complexity index is 1050. The third-order valence-electron chi connectivity index (χ3n) is 5.11. The van der Waals surface area contributed by atoms with Crippen LogP contribution in [0, 0.1) is 5.82 Å². The monoisotopic (exact) mass is 504 g/mol. The van der Waals surface area contributed by atoms with Crippen LogP contribution in [0.3, 0.4) is 0 Å². The molecule has 11 heteroatoms. The van der Waals surface area contributed by atoms with Crippen LogP contribution in [0.1, 0.15) is 24.8 Å². The van der Waals surface area contributed by atoms with Crippen molar-refractivity contribution in [2.75, 3.05) is 6.61 Å². The fourth-order valence-corrected chi connectivity index (χ4v) is 5.05. The smallest absolute Gasteiger partial charge is 0.240 e. The van der Waals surface area contributed by atoms with Gasteiger partial charge in [0.15, 0.2) is 0 Å². The van der Waals surface area contributed by atoms with Crippen LogP contribution in [0.15, 0.2) is 47.4 Å². The highest BCUT2D eigenvalue weighted by molar-refractivity contribution is 7.89. The maximum Gasteiger partial charge on any atom is 0.240 e. The van der Waals surface area contributed by atoms with Crippen molar-refractivity contribution in [1.29, 1.82) is 0 Å². The third-order valence-corrected chi connectivity index (χ3v) is 7.36. The van der Waals surface area contributed by atoms with Gasteiger partial charge in [-0.3, -0.25) is 4.79 Å². The highest BCUT2D eigenvalue weighted by Crippen LogP contribution is 2.24. The number of ether oxygens (including phenoxy) is 1. The lowest BCUT2D eigenvalue weighted by Gasteiger charge is -2.35. The van der Waals surface area contributed by atoms with E-state index in [1.165, 1.54) is 0 Å². The van der Waals surface area contributed by atoms with E-state index in [0.717, 1.165) is 29.8 Å². The van der Waals surface area contributed by atoms with Gasteiger partial charge in [0, 0.05) is 6.54 Å². The minimum absolute atomic E-state index is 0.0647. The Morgan fingerprint density at radius 3 is 2.50 bits per heavy atom. The summed E-state index contributed by atoms with van der Waals surface area (Å²) in [6.45, 7) is -0.149. The molecule has 2 aromatic carbocycles. The minimum atomic E-state index is -3.91. The molecule has 0 saturated carbocycles. The molecule has 1 heterocycles. The molecule has 1 amide bonds. The van der Waals surface area contributed by atoms with Gasteiger partial charge in [-0.25, -0.2) is 17.5 Å². The lowest BCUT2D eigenvalue weighted by atomic mass is 9.98. The summed E-state index contributed by atoms with van der Waals surface area (Å²) in [6.07, 6.45) is -0.418. The molecule has 1 aliphatic rings. The van der Waals surface area contributed by atoms with Crippen molar-refractivity contribution < 1.29 is 27.4 Å². The van der Waals surface area contributed by atoms with E-state index in [9.17, 15) is 22.7 Å². The van der Waals surface area contributed by atoms with Gasteiger partial charge < -0.3 is 15.2 Å². The predicted octanol–water partition coefficient (Wildman–Crippen LogP) is 3.03. The fraction of sp³-hybridized carbons (Fsp3) is 0.381. The van der Waals surface area contributed by atoms with Gasteiger partial charge in [0.2, 0.25) is 15.9 Å². The number of aliphatic hydroxyl groups excluding tert-OH is 1. The summed E-state index contributed by atoms with van der Waals surface area (Å²) in [5.74, 6) is -0.790. The average molecular weight is 505 g/mol. The van der Waals surface area contributed by atoms with Crippen molar-refractivity contribution in [1.82, 2.24) is 10.0 Å². The first-order valence-corrected chi connectivity index (χ1v) is 12.2. The lowest BCUT2D eigenvalue weighted by molar-refractivity contribution is -0.130. The number of hydrogen-bond acceptors (Lipinski definition) is 5. The number of hydrogen-bond donors (Lipinski definition) is 3. The van der Waals surface area contributed by atoms with Crippen molar-refractivity contribution >= 4 is 39.1 Å². The van der Waals surface area contributed by atoms with E-state index < -0.39 is 40.7 Å². The highest BCUT2D eigenvalue weighted by Gasteiger charge is 2.34. The second-order valence-electron chi connectivity index (χ2n) is 7.47. The van der Waals surface area contributed by atoms with Crippen LogP contribution in [0.5, 0.6) is 0 Å². The lowest BCUT2D eigenvalue weighted by Crippen LogP contribution is -2.51. The van der Waals surface area contributed by atoms with Crippen LogP contribution in [0.25, 0.3) is 0 Å². The number of benzene rings is 2. The molecular weight excluding hydrogens is 482 g/mol. The molecule has 1 saturated heterocycles. The predicted molar refractivity (Wildman–Crippen MR) is 118 cm³/mol. The molecule has 1 aliphatic heterocycles. The van der Waals surface area contributed by atoms with E-state index in [1.54, 1.807) is 18.2 Å². The van der Waals surface area contributed by atoms with Crippen LogP contribution >= 0.6 is 23.2 Å². The molecule has 0 spiro atoms. The summed E-state index contributed by atoms with van der Waals surface area (Å²) in [6, 6.07) is 8.84. The maximum atomic E-state index is 13.1. The van der Waals surface area contributed by atoms with Crippen molar-refractivity contribution in [3.8, 4) is 0 Å². The number of amides is 1. The summed E-state index contributed by atoms with van der Waals surface area (Å²) in [5, 5.41) is 13.3. The van der Waals surface area contributed by atoms with Crippen molar-refractivity contribution in [3.05, 3.63) is 63.9 Å². The Balaban J connectivity index is 1.52. The quantitative estimate of drug-likeness (QED) is 0.512. The first-order chi connectivity index (χ1) is 15.2. The molecule has 0 radical (unpaired) electrons. The van der Waals surface area contributed by atoms with Gasteiger partial charge in [0.1, 0.15) is 5.82 Å². The Morgan fingerprint density at radius 2 is 1.84 bits per heavy atom.